The summed E-state index contributed by atoms with van der Waals surface area (Å²) in [5.74, 6) is 0.705. The quantitative estimate of drug-likeness (QED) is 0.360. The molecule has 0 radical (unpaired) electrons. The highest BCUT2D eigenvalue weighted by Crippen LogP contribution is 2.37. The zero-order valence-corrected chi connectivity index (χ0v) is 23.2. The fourth-order valence-corrected chi connectivity index (χ4v) is 5.45. The summed E-state index contributed by atoms with van der Waals surface area (Å²) in [7, 11) is 2.05. The van der Waals surface area contributed by atoms with E-state index in [1.54, 1.807) is 18.4 Å². The van der Waals surface area contributed by atoms with Gasteiger partial charge in [-0.15, -0.1) is 11.8 Å². The molecule has 0 aromatic heterocycles. The molecule has 5 atom stereocenters. The van der Waals surface area contributed by atoms with Gasteiger partial charge in [-0.05, 0) is 54.6 Å². The highest BCUT2D eigenvalue weighted by atomic mass is 35.5. The second kappa shape index (κ2) is 13.3. The molecule has 2 amide bonds. The van der Waals surface area contributed by atoms with Crippen LogP contribution >= 0.6 is 23.4 Å². The number of rotatable bonds is 8. The number of carbonyl (C=O) groups is 1. The fourth-order valence-electron chi connectivity index (χ4n) is 4.60. The summed E-state index contributed by atoms with van der Waals surface area (Å²) in [5, 5.41) is 34.4. The summed E-state index contributed by atoms with van der Waals surface area (Å²) >= 11 is 7.75. The molecule has 2 aliphatic heterocycles. The number of carbonyl (C=O) groups excluding carboxylic acids is 1. The Bertz CT molecular complexity index is 1070. The standard InChI is InChI=1S/C27H36ClN3O6S/c1-30-10-12-31(13-11-30)27(35)29-9-14-36-20-6-3-17(4-7-20)15-19-16-18(5-8-21(19)28)25-23(33)22(32)24(34)26(37-25)38-2/h3-8,16,22-26,32-34H,9-15H2,1-2H3,(H,29,35)/t22-,23-,24+,25+,26-/m1/s1. The SMILES string of the molecule is CS[C@H]1O[C@@H](c2ccc(Cl)c(Cc3ccc(OCCNC(=O)N4CCN(C)CC4)cc3)c2)[C@H](O)[C@@H](O)[C@@H]1O. The van der Waals surface area contributed by atoms with Crippen LogP contribution < -0.4 is 10.1 Å². The van der Waals surface area contributed by atoms with Crippen molar-refractivity contribution in [3.05, 3.63) is 64.2 Å². The number of ether oxygens (including phenoxy) is 2. The van der Waals surface area contributed by atoms with E-state index < -0.39 is 29.9 Å². The summed E-state index contributed by atoms with van der Waals surface area (Å²) in [5.41, 5.74) is 1.90. The number of aliphatic hydroxyl groups excluding tert-OH is 3. The normalized spacial score (nSPS) is 26.3. The van der Waals surface area contributed by atoms with Crippen molar-refractivity contribution in [3.8, 4) is 5.75 Å². The van der Waals surface area contributed by atoms with Gasteiger partial charge < -0.3 is 39.9 Å². The van der Waals surface area contributed by atoms with Gasteiger partial charge in [0.05, 0.1) is 6.54 Å². The van der Waals surface area contributed by atoms with Gasteiger partial charge in [-0.2, -0.15) is 0 Å². The summed E-state index contributed by atoms with van der Waals surface area (Å²) in [6, 6.07) is 13.0. The lowest BCUT2D eigenvalue weighted by molar-refractivity contribution is -0.200. The van der Waals surface area contributed by atoms with Gasteiger partial charge in [-0.3, -0.25) is 0 Å². The first kappa shape index (κ1) is 28.9. The van der Waals surface area contributed by atoms with Gasteiger partial charge in [0.2, 0.25) is 0 Å². The van der Waals surface area contributed by atoms with Crippen molar-refractivity contribution in [1.29, 1.82) is 0 Å². The Morgan fingerprint density at radius 1 is 1.08 bits per heavy atom. The molecule has 2 saturated heterocycles. The molecule has 4 rings (SSSR count). The van der Waals surface area contributed by atoms with Gasteiger partial charge in [-0.25, -0.2) is 4.79 Å². The molecule has 208 valence electrons. The van der Waals surface area contributed by atoms with Crippen molar-refractivity contribution in [2.24, 2.45) is 0 Å². The van der Waals surface area contributed by atoms with Crippen LogP contribution in [0.15, 0.2) is 42.5 Å². The van der Waals surface area contributed by atoms with Gasteiger partial charge in [0.15, 0.2) is 0 Å². The van der Waals surface area contributed by atoms with E-state index >= 15 is 0 Å². The van der Waals surface area contributed by atoms with Crippen LogP contribution in [0.3, 0.4) is 0 Å². The minimum Gasteiger partial charge on any atom is -0.492 e. The van der Waals surface area contributed by atoms with Crippen molar-refractivity contribution in [2.45, 2.75) is 36.3 Å². The molecule has 38 heavy (non-hydrogen) atoms. The second-order valence-electron chi connectivity index (χ2n) is 9.67. The number of nitrogens with one attached hydrogen (secondary N) is 1. The Labute approximate surface area is 232 Å². The zero-order valence-electron chi connectivity index (χ0n) is 21.6. The number of hydrogen-bond acceptors (Lipinski definition) is 8. The van der Waals surface area contributed by atoms with Crippen LogP contribution in [0.2, 0.25) is 5.02 Å². The van der Waals surface area contributed by atoms with Crippen LogP contribution in [0, 0.1) is 0 Å². The number of halogens is 1. The molecule has 11 heteroatoms. The first-order valence-electron chi connectivity index (χ1n) is 12.7. The Kier molecular flexibility index (Phi) is 10.2. The van der Waals surface area contributed by atoms with Gasteiger partial charge in [0.1, 0.15) is 42.2 Å². The molecule has 2 aromatic rings. The third-order valence-corrected chi connectivity index (χ3v) is 8.18. The van der Waals surface area contributed by atoms with Crippen LogP contribution in [0.25, 0.3) is 0 Å². The number of nitrogens with zero attached hydrogens (tertiary/aromatic N) is 2. The average molecular weight is 566 g/mol. The Morgan fingerprint density at radius 2 is 1.79 bits per heavy atom. The predicted molar refractivity (Wildman–Crippen MR) is 148 cm³/mol. The van der Waals surface area contributed by atoms with Crippen LogP contribution in [0.4, 0.5) is 4.79 Å². The lowest BCUT2D eigenvalue weighted by Gasteiger charge is -2.40. The highest BCUT2D eigenvalue weighted by Gasteiger charge is 2.44. The lowest BCUT2D eigenvalue weighted by Crippen LogP contribution is -2.52. The van der Waals surface area contributed by atoms with Crippen LogP contribution in [0.1, 0.15) is 22.8 Å². The molecule has 2 heterocycles. The number of thioether (sulfide) groups is 1. The number of likely N-dealkylation sites (N-methyl/N-ethyl adjacent to an activating group) is 1. The Morgan fingerprint density at radius 3 is 2.47 bits per heavy atom. The summed E-state index contributed by atoms with van der Waals surface area (Å²) in [6.45, 7) is 4.02. The Balaban J connectivity index is 1.30. The highest BCUT2D eigenvalue weighted by molar-refractivity contribution is 7.99. The molecule has 2 aliphatic rings. The number of urea groups is 1. The summed E-state index contributed by atoms with van der Waals surface area (Å²) in [6.07, 6.45) is -2.19. The molecule has 0 aliphatic carbocycles. The van der Waals surface area contributed by atoms with E-state index in [2.05, 4.69) is 17.3 Å². The number of aliphatic hydroxyl groups is 3. The average Bonchev–Trinajstić information content (AvgIpc) is 2.92. The van der Waals surface area contributed by atoms with Crippen molar-refractivity contribution < 1.29 is 29.6 Å². The maximum Gasteiger partial charge on any atom is 0.317 e. The molecular weight excluding hydrogens is 530 g/mol. The molecule has 0 bridgehead atoms. The van der Waals surface area contributed by atoms with E-state index in [0.29, 0.717) is 35.9 Å². The topological polar surface area (TPSA) is 115 Å². The lowest BCUT2D eigenvalue weighted by atomic mass is 9.92. The van der Waals surface area contributed by atoms with Gasteiger partial charge in [-0.1, -0.05) is 35.9 Å². The number of hydrogen-bond donors (Lipinski definition) is 4. The predicted octanol–water partition coefficient (Wildman–Crippen LogP) is 2.11. The first-order valence-corrected chi connectivity index (χ1v) is 14.4. The van der Waals surface area contributed by atoms with Crippen LogP contribution in [-0.2, 0) is 11.2 Å². The molecule has 2 fully saturated rings. The molecule has 2 aromatic carbocycles. The monoisotopic (exact) mass is 565 g/mol. The third kappa shape index (κ3) is 7.12. The van der Waals surface area contributed by atoms with Crippen molar-refractivity contribution in [1.82, 2.24) is 15.1 Å². The number of amides is 2. The number of benzene rings is 2. The zero-order chi connectivity index (χ0) is 27.2. The molecule has 0 unspecified atom stereocenters. The number of piperazine rings is 1. The van der Waals surface area contributed by atoms with E-state index in [9.17, 15) is 20.1 Å². The largest absolute Gasteiger partial charge is 0.492 e. The van der Waals surface area contributed by atoms with Crippen molar-refractivity contribution in [3.63, 3.8) is 0 Å². The van der Waals surface area contributed by atoms with Crippen LogP contribution in [0.5, 0.6) is 5.75 Å². The van der Waals surface area contributed by atoms with Gasteiger partial charge >= 0.3 is 6.03 Å². The maximum atomic E-state index is 12.3. The minimum absolute atomic E-state index is 0.0584. The van der Waals surface area contributed by atoms with E-state index in [1.165, 1.54) is 11.8 Å². The van der Waals surface area contributed by atoms with E-state index in [0.717, 1.165) is 37.3 Å². The van der Waals surface area contributed by atoms with Crippen molar-refractivity contribution in [2.75, 3.05) is 52.6 Å². The molecule has 0 saturated carbocycles. The summed E-state index contributed by atoms with van der Waals surface area (Å²) < 4.78 is 11.7. The van der Waals surface area contributed by atoms with Gasteiger partial charge in [0, 0.05) is 31.2 Å². The van der Waals surface area contributed by atoms with Crippen LogP contribution in [-0.4, -0.2) is 108 Å². The van der Waals surface area contributed by atoms with E-state index in [1.807, 2.05) is 35.2 Å². The molecule has 0 spiro atoms. The molecule has 9 nitrogen and oxygen atoms in total. The maximum absolute atomic E-state index is 12.3. The smallest absolute Gasteiger partial charge is 0.317 e. The fraction of sp³-hybridized carbons (Fsp3) is 0.519. The minimum atomic E-state index is -1.31. The third-order valence-electron chi connectivity index (χ3n) is 6.96. The first-order chi connectivity index (χ1) is 18.3. The van der Waals surface area contributed by atoms with Gasteiger partial charge in [0.25, 0.3) is 0 Å². The Hall–Kier alpha value is -2.05. The second-order valence-corrected chi connectivity index (χ2v) is 11.0. The summed E-state index contributed by atoms with van der Waals surface area (Å²) in [4.78, 5) is 16.3. The van der Waals surface area contributed by atoms with Crippen molar-refractivity contribution >= 4 is 29.4 Å². The molecule has 4 N–H and O–H groups in total. The van der Waals surface area contributed by atoms with E-state index in [4.69, 9.17) is 21.1 Å². The van der Waals surface area contributed by atoms with E-state index in [-0.39, 0.29) is 6.03 Å². The molecular formula is C27H36ClN3O6S.